The molecule has 0 spiro atoms. The van der Waals surface area contributed by atoms with E-state index in [1.807, 2.05) is 54.6 Å². The molecule has 3 rings (SSSR count). The lowest BCUT2D eigenvalue weighted by molar-refractivity contribution is -0.116. The summed E-state index contributed by atoms with van der Waals surface area (Å²) in [4.78, 5) is 12.1. The van der Waals surface area contributed by atoms with Crippen LogP contribution in [0.3, 0.4) is 0 Å². The Balaban J connectivity index is 1.52. The van der Waals surface area contributed by atoms with Crippen LogP contribution in [0.25, 0.3) is 0 Å². The molecule has 0 aliphatic heterocycles. The van der Waals surface area contributed by atoms with E-state index in [1.165, 1.54) is 0 Å². The third-order valence-corrected chi connectivity index (χ3v) is 4.10. The van der Waals surface area contributed by atoms with Crippen LogP contribution >= 0.6 is 15.9 Å². The summed E-state index contributed by atoms with van der Waals surface area (Å²) in [5.74, 6) is 1.33. The molecule has 5 nitrogen and oxygen atoms in total. The molecule has 6 heteroatoms. The van der Waals surface area contributed by atoms with Gasteiger partial charge in [-0.2, -0.15) is 5.10 Å². The van der Waals surface area contributed by atoms with Crippen LogP contribution in [0.4, 0.5) is 5.82 Å². The summed E-state index contributed by atoms with van der Waals surface area (Å²) in [6, 6.07) is 19.2. The number of nitrogens with zero attached hydrogens (tertiary/aromatic N) is 2. The average molecular weight is 400 g/mol. The van der Waals surface area contributed by atoms with Crippen molar-refractivity contribution in [2.24, 2.45) is 0 Å². The maximum atomic E-state index is 12.1. The second-order valence-electron chi connectivity index (χ2n) is 5.46. The number of hydrogen-bond acceptors (Lipinski definition) is 3. The maximum absolute atomic E-state index is 12.1. The van der Waals surface area contributed by atoms with Gasteiger partial charge in [-0.1, -0.05) is 46.3 Å². The number of benzene rings is 2. The molecular weight excluding hydrogens is 382 g/mol. The molecule has 0 aliphatic carbocycles. The van der Waals surface area contributed by atoms with E-state index in [2.05, 4.69) is 26.3 Å². The lowest BCUT2D eigenvalue weighted by Crippen LogP contribution is -2.18. The van der Waals surface area contributed by atoms with Crippen molar-refractivity contribution in [3.63, 3.8) is 0 Å². The lowest BCUT2D eigenvalue weighted by atomic mass is 10.2. The van der Waals surface area contributed by atoms with Crippen molar-refractivity contribution < 1.29 is 9.53 Å². The van der Waals surface area contributed by atoms with Crippen molar-refractivity contribution in [3.05, 3.63) is 76.9 Å². The van der Waals surface area contributed by atoms with Gasteiger partial charge in [0.05, 0.1) is 25.8 Å². The number of halogens is 1. The number of ether oxygens (including phenoxy) is 1. The van der Waals surface area contributed by atoms with E-state index in [1.54, 1.807) is 16.9 Å². The Hall–Kier alpha value is -2.60. The highest BCUT2D eigenvalue weighted by atomic mass is 79.9. The average Bonchev–Trinajstić information content (AvgIpc) is 3.04. The van der Waals surface area contributed by atoms with E-state index in [9.17, 15) is 4.79 Å². The topological polar surface area (TPSA) is 56.1 Å². The predicted molar refractivity (Wildman–Crippen MR) is 101 cm³/mol. The van der Waals surface area contributed by atoms with Crippen LogP contribution in [-0.2, 0) is 11.3 Å². The van der Waals surface area contributed by atoms with E-state index in [0.717, 1.165) is 15.8 Å². The molecular formula is C19H18BrN3O2. The van der Waals surface area contributed by atoms with Crippen LogP contribution < -0.4 is 10.1 Å². The summed E-state index contributed by atoms with van der Waals surface area (Å²) in [5, 5.41) is 7.15. The van der Waals surface area contributed by atoms with Gasteiger partial charge in [0.25, 0.3) is 0 Å². The zero-order chi connectivity index (χ0) is 17.5. The molecule has 0 saturated heterocycles. The quantitative estimate of drug-likeness (QED) is 0.650. The van der Waals surface area contributed by atoms with Gasteiger partial charge in [-0.3, -0.25) is 4.79 Å². The number of nitrogens with one attached hydrogen (secondary N) is 1. The number of hydrogen-bond donors (Lipinski definition) is 1. The number of anilines is 1. The third-order valence-electron chi connectivity index (χ3n) is 3.57. The third kappa shape index (κ3) is 5.19. The van der Waals surface area contributed by atoms with Crippen molar-refractivity contribution in [2.45, 2.75) is 13.0 Å². The van der Waals surface area contributed by atoms with E-state index in [-0.39, 0.29) is 12.3 Å². The molecule has 1 heterocycles. The van der Waals surface area contributed by atoms with Crippen molar-refractivity contribution in [3.8, 4) is 5.75 Å². The van der Waals surface area contributed by atoms with Gasteiger partial charge in [-0.05, 0) is 29.8 Å². The largest absolute Gasteiger partial charge is 0.493 e. The first-order valence-electron chi connectivity index (χ1n) is 7.95. The standard InChI is InChI=1S/C19H18BrN3O2/c20-16-8-6-15(7-9-16)14-23-18(10-12-21-23)22-19(24)11-13-25-17-4-2-1-3-5-17/h1-10,12H,11,13-14H2,(H,22,24). The molecule has 0 radical (unpaired) electrons. The Morgan fingerprint density at radius 1 is 1.08 bits per heavy atom. The fraction of sp³-hybridized carbons (Fsp3) is 0.158. The number of aromatic nitrogens is 2. The Morgan fingerprint density at radius 2 is 1.84 bits per heavy atom. The van der Waals surface area contributed by atoms with E-state index < -0.39 is 0 Å². The van der Waals surface area contributed by atoms with Gasteiger partial charge >= 0.3 is 0 Å². The molecule has 25 heavy (non-hydrogen) atoms. The Morgan fingerprint density at radius 3 is 2.60 bits per heavy atom. The van der Waals surface area contributed by atoms with E-state index >= 15 is 0 Å². The normalized spacial score (nSPS) is 10.4. The van der Waals surface area contributed by atoms with Crippen LogP contribution in [0, 0.1) is 0 Å². The summed E-state index contributed by atoms with van der Waals surface area (Å²) in [6.45, 7) is 0.924. The maximum Gasteiger partial charge on any atom is 0.228 e. The lowest BCUT2D eigenvalue weighted by Gasteiger charge is -2.10. The molecule has 0 saturated carbocycles. The molecule has 2 aromatic carbocycles. The highest BCUT2D eigenvalue weighted by molar-refractivity contribution is 9.10. The molecule has 0 atom stereocenters. The van der Waals surface area contributed by atoms with Crippen molar-refractivity contribution in [1.82, 2.24) is 9.78 Å². The minimum absolute atomic E-state index is 0.103. The second kappa shape index (κ2) is 8.48. The first-order chi connectivity index (χ1) is 12.2. The molecule has 1 amide bonds. The molecule has 0 bridgehead atoms. The summed E-state index contributed by atoms with van der Waals surface area (Å²) >= 11 is 3.42. The van der Waals surface area contributed by atoms with Gasteiger partial charge in [0.2, 0.25) is 5.91 Å². The number of carbonyl (C=O) groups excluding carboxylic acids is 1. The molecule has 3 aromatic rings. The minimum atomic E-state index is -0.103. The van der Waals surface area contributed by atoms with Gasteiger partial charge in [0, 0.05) is 10.5 Å². The Kier molecular flexibility index (Phi) is 5.85. The van der Waals surface area contributed by atoms with Crippen molar-refractivity contribution >= 4 is 27.7 Å². The zero-order valence-electron chi connectivity index (χ0n) is 13.6. The number of amides is 1. The fourth-order valence-corrected chi connectivity index (χ4v) is 2.58. The van der Waals surface area contributed by atoms with Gasteiger partial charge < -0.3 is 10.1 Å². The Bertz CT molecular complexity index is 816. The number of carbonyl (C=O) groups is 1. The summed E-state index contributed by atoms with van der Waals surface area (Å²) in [5.41, 5.74) is 1.11. The second-order valence-corrected chi connectivity index (χ2v) is 6.38. The smallest absolute Gasteiger partial charge is 0.228 e. The van der Waals surface area contributed by atoms with Crippen LogP contribution in [0.2, 0.25) is 0 Å². The summed E-state index contributed by atoms with van der Waals surface area (Å²) < 4.78 is 8.34. The van der Waals surface area contributed by atoms with Crippen LogP contribution in [0.5, 0.6) is 5.75 Å². The van der Waals surface area contributed by atoms with Crippen LogP contribution in [-0.4, -0.2) is 22.3 Å². The summed E-state index contributed by atoms with van der Waals surface area (Å²) in [7, 11) is 0. The SMILES string of the molecule is O=C(CCOc1ccccc1)Nc1ccnn1Cc1ccc(Br)cc1. The number of para-hydroxylation sites is 1. The summed E-state index contributed by atoms with van der Waals surface area (Å²) in [6.07, 6.45) is 1.95. The van der Waals surface area contributed by atoms with Crippen LogP contribution in [0.15, 0.2) is 71.3 Å². The predicted octanol–water partition coefficient (Wildman–Crippen LogP) is 4.10. The fourth-order valence-electron chi connectivity index (χ4n) is 2.31. The highest BCUT2D eigenvalue weighted by Crippen LogP contribution is 2.14. The van der Waals surface area contributed by atoms with Gasteiger partial charge in [-0.15, -0.1) is 0 Å². The Labute approximate surface area is 154 Å². The molecule has 1 N–H and O–H groups in total. The number of rotatable bonds is 7. The van der Waals surface area contributed by atoms with E-state index in [4.69, 9.17) is 4.74 Å². The first kappa shape index (κ1) is 17.2. The monoisotopic (exact) mass is 399 g/mol. The van der Waals surface area contributed by atoms with Crippen LogP contribution in [0.1, 0.15) is 12.0 Å². The molecule has 1 aromatic heterocycles. The molecule has 0 fully saturated rings. The van der Waals surface area contributed by atoms with Gasteiger partial charge in [-0.25, -0.2) is 4.68 Å². The van der Waals surface area contributed by atoms with Gasteiger partial charge in [0.1, 0.15) is 11.6 Å². The zero-order valence-corrected chi connectivity index (χ0v) is 15.1. The molecule has 0 unspecified atom stereocenters. The molecule has 128 valence electrons. The molecule has 0 aliphatic rings. The first-order valence-corrected chi connectivity index (χ1v) is 8.74. The van der Waals surface area contributed by atoms with Gasteiger partial charge in [0.15, 0.2) is 0 Å². The van der Waals surface area contributed by atoms with Crippen molar-refractivity contribution in [1.29, 1.82) is 0 Å². The van der Waals surface area contributed by atoms with Crippen molar-refractivity contribution in [2.75, 3.05) is 11.9 Å². The highest BCUT2D eigenvalue weighted by Gasteiger charge is 2.08. The minimum Gasteiger partial charge on any atom is -0.493 e. The van der Waals surface area contributed by atoms with E-state index in [0.29, 0.717) is 19.0 Å².